The maximum absolute atomic E-state index is 12.2. The number of anilines is 1. The van der Waals surface area contributed by atoms with Gasteiger partial charge in [-0.1, -0.05) is 12.1 Å². The molecule has 1 aromatic carbocycles. The Balaban J connectivity index is 1.84. The minimum atomic E-state index is -0.607. The SMILES string of the molecule is Cc1cc(=O)oc(C)c1C(=O)OCc1nc(N)c2ccccc2n1. The van der Waals surface area contributed by atoms with Crippen LogP contribution in [-0.4, -0.2) is 15.9 Å². The summed E-state index contributed by atoms with van der Waals surface area (Å²) in [5.41, 5.74) is 6.78. The fraction of sp³-hybridized carbons (Fsp3) is 0.176. The first-order valence-electron chi connectivity index (χ1n) is 7.25. The highest BCUT2D eigenvalue weighted by Gasteiger charge is 2.17. The number of hydrogen-bond donors (Lipinski definition) is 1. The average Bonchev–Trinajstić information content (AvgIpc) is 2.52. The summed E-state index contributed by atoms with van der Waals surface area (Å²) >= 11 is 0. The number of carbonyl (C=O) groups excluding carboxylic acids is 1. The smallest absolute Gasteiger partial charge is 0.342 e. The normalized spacial score (nSPS) is 10.8. The van der Waals surface area contributed by atoms with Crippen LogP contribution in [0.3, 0.4) is 0 Å². The molecule has 0 amide bonds. The molecule has 0 bridgehead atoms. The Morgan fingerprint density at radius 2 is 2.00 bits per heavy atom. The molecule has 0 saturated heterocycles. The molecule has 0 aliphatic carbocycles. The summed E-state index contributed by atoms with van der Waals surface area (Å²) in [6, 6.07) is 8.55. The monoisotopic (exact) mass is 325 g/mol. The number of para-hydroxylation sites is 1. The van der Waals surface area contributed by atoms with Crippen molar-refractivity contribution in [2.45, 2.75) is 20.5 Å². The standard InChI is InChI=1S/C17H15N3O4/c1-9-7-14(21)24-10(2)15(9)17(22)23-8-13-19-12-6-4-3-5-11(12)16(18)20-13/h3-7H,8H2,1-2H3,(H2,18,19,20). The maximum Gasteiger partial charge on any atom is 0.342 e. The van der Waals surface area contributed by atoms with Crippen molar-refractivity contribution in [3.8, 4) is 0 Å². The molecule has 7 nitrogen and oxygen atoms in total. The van der Waals surface area contributed by atoms with E-state index < -0.39 is 11.6 Å². The predicted molar refractivity (Wildman–Crippen MR) is 87.5 cm³/mol. The van der Waals surface area contributed by atoms with Crippen molar-refractivity contribution >= 4 is 22.7 Å². The number of esters is 1. The molecule has 0 aliphatic heterocycles. The molecule has 0 radical (unpaired) electrons. The molecular weight excluding hydrogens is 310 g/mol. The molecule has 0 aliphatic rings. The summed E-state index contributed by atoms with van der Waals surface area (Å²) < 4.78 is 10.2. The Hall–Kier alpha value is -3.22. The molecule has 0 spiro atoms. The number of aryl methyl sites for hydroxylation is 2. The zero-order valence-corrected chi connectivity index (χ0v) is 13.2. The number of aromatic nitrogens is 2. The number of nitrogen functional groups attached to an aromatic ring is 1. The van der Waals surface area contributed by atoms with Crippen LogP contribution < -0.4 is 11.4 Å². The minimum Gasteiger partial charge on any atom is -0.454 e. The van der Waals surface area contributed by atoms with E-state index in [0.717, 1.165) is 5.39 Å². The molecule has 2 heterocycles. The van der Waals surface area contributed by atoms with Gasteiger partial charge in [0.25, 0.3) is 0 Å². The van der Waals surface area contributed by atoms with E-state index in [-0.39, 0.29) is 17.9 Å². The van der Waals surface area contributed by atoms with E-state index in [1.807, 2.05) is 18.2 Å². The van der Waals surface area contributed by atoms with Crippen LogP contribution in [0.25, 0.3) is 10.9 Å². The average molecular weight is 325 g/mol. The molecule has 0 unspecified atom stereocenters. The van der Waals surface area contributed by atoms with Crippen molar-refractivity contribution in [2.75, 3.05) is 5.73 Å². The van der Waals surface area contributed by atoms with Crippen LogP contribution in [0.5, 0.6) is 0 Å². The van der Waals surface area contributed by atoms with Gasteiger partial charge in [-0.15, -0.1) is 0 Å². The molecular formula is C17H15N3O4. The number of rotatable bonds is 3. The van der Waals surface area contributed by atoms with Crippen LogP contribution >= 0.6 is 0 Å². The minimum absolute atomic E-state index is 0.133. The number of nitrogens with zero attached hydrogens (tertiary/aromatic N) is 2. The lowest BCUT2D eigenvalue weighted by Crippen LogP contribution is -2.14. The quantitative estimate of drug-likeness (QED) is 0.735. The molecule has 2 N–H and O–H groups in total. The summed E-state index contributed by atoms with van der Waals surface area (Å²) in [5, 5.41) is 0.740. The number of ether oxygens (including phenoxy) is 1. The fourth-order valence-corrected chi connectivity index (χ4v) is 2.48. The lowest BCUT2D eigenvalue weighted by atomic mass is 10.1. The molecule has 3 rings (SSSR count). The van der Waals surface area contributed by atoms with E-state index in [1.54, 1.807) is 13.0 Å². The number of nitrogens with two attached hydrogens (primary N) is 1. The van der Waals surface area contributed by atoms with Gasteiger partial charge < -0.3 is 14.9 Å². The van der Waals surface area contributed by atoms with E-state index >= 15 is 0 Å². The summed E-state index contributed by atoms with van der Waals surface area (Å²) in [6.45, 7) is 3.05. The molecule has 3 aromatic rings. The van der Waals surface area contributed by atoms with Crippen LogP contribution in [-0.2, 0) is 11.3 Å². The van der Waals surface area contributed by atoms with E-state index in [0.29, 0.717) is 22.7 Å². The molecule has 2 aromatic heterocycles. The number of hydrogen-bond acceptors (Lipinski definition) is 7. The van der Waals surface area contributed by atoms with E-state index in [9.17, 15) is 9.59 Å². The number of fused-ring (bicyclic) bond motifs is 1. The zero-order valence-electron chi connectivity index (χ0n) is 13.2. The van der Waals surface area contributed by atoms with Gasteiger partial charge in [-0.2, -0.15) is 0 Å². The summed E-state index contributed by atoms with van der Waals surface area (Å²) in [5.74, 6) is 0.227. The largest absolute Gasteiger partial charge is 0.454 e. The predicted octanol–water partition coefficient (Wildman–Crippen LogP) is 2.14. The molecule has 0 atom stereocenters. The molecule has 7 heteroatoms. The molecule has 0 saturated carbocycles. The van der Waals surface area contributed by atoms with Crippen molar-refractivity contribution in [3.05, 3.63) is 63.5 Å². The van der Waals surface area contributed by atoms with Crippen LogP contribution in [0.1, 0.15) is 27.5 Å². The Kier molecular flexibility index (Phi) is 3.99. The molecule has 122 valence electrons. The van der Waals surface area contributed by atoms with Gasteiger partial charge in [0, 0.05) is 11.5 Å². The van der Waals surface area contributed by atoms with Gasteiger partial charge in [-0.05, 0) is 31.5 Å². The van der Waals surface area contributed by atoms with Crippen molar-refractivity contribution in [2.24, 2.45) is 0 Å². The van der Waals surface area contributed by atoms with Gasteiger partial charge in [-0.25, -0.2) is 19.6 Å². The first-order valence-corrected chi connectivity index (χ1v) is 7.25. The van der Waals surface area contributed by atoms with Gasteiger partial charge in [0.2, 0.25) is 0 Å². The van der Waals surface area contributed by atoms with Crippen LogP contribution in [0.4, 0.5) is 5.82 Å². The van der Waals surface area contributed by atoms with Gasteiger partial charge in [0.05, 0.1) is 5.52 Å². The second-order valence-electron chi connectivity index (χ2n) is 5.30. The van der Waals surface area contributed by atoms with Crippen LogP contribution in [0.15, 0.2) is 39.5 Å². The first-order chi connectivity index (χ1) is 11.5. The van der Waals surface area contributed by atoms with Crippen molar-refractivity contribution in [3.63, 3.8) is 0 Å². The fourth-order valence-electron chi connectivity index (χ4n) is 2.48. The van der Waals surface area contributed by atoms with Gasteiger partial charge in [0.1, 0.15) is 17.1 Å². The lowest BCUT2D eigenvalue weighted by Gasteiger charge is -2.09. The van der Waals surface area contributed by atoms with Crippen molar-refractivity contribution in [1.82, 2.24) is 9.97 Å². The Labute approximate surface area is 137 Å². The highest BCUT2D eigenvalue weighted by molar-refractivity contribution is 5.92. The number of benzene rings is 1. The maximum atomic E-state index is 12.2. The second-order valence-corrected chi connectivity index (χ2v) is 5.30. The summed E-state index contributed by atoms with van der Waals surface area (Å²) in [6.07, 6.45) is 0. The van der Waals surface area contributed by atoms with Gasteiger partial charge in [-0.3, -0.25) is 0 Å². The molecule has 24 heavy (non-hydrogen) atoms. The lowest BCUT2D eigenvalue weighted by molar-refractivity contribution is 0.0457. The zero-order chi connectivity index (χ0) is 17.3. The molecule has 0 fully saturated rings. The number of carbonyl (C=O) groups is 1. The Morgan fingerprint density at radius 3 is 2.75 bits per heavy atom. The third kappa shape index (κ3) is 2.96. The Morgan fingerprint density at radius 1 is 1.25 bits per heavy atom. The van der Waals surface area contributed by atoms with Gasteiger partial charge >= 0.3 is 11.6 Å². The third-order valence-corrected chi connectivity index (χ3v) is 3.55. The Bertz CT molecular complexity index is 969. The second kappa shape index (κ2) is 6.11. The van der Waals surface area contributed by atoms with Crippen LogP contribution in [0.2, 0.25) is 0 Å². The van der Waals surface area contributed by atoms with Gasteiger partial charge in [0.15, 0.2) is 12.4 Å². The van der Waals surface area contributed by atoms with Crippen molar-refractivity contribution in [1.29, 1.82) is 0 Å². The highest BCUT2D eigenvalue weighted by Crippen LogP contribution is 2.18. The summed E-state index contributed by atoms with van der Waals surface area (Å²) in [7, 11) is 0. The topological polar surface area (TPSA) is 108 Å². The highest BCUT2D eigenvalue weighted by atomic mass is 16.5. The van der Waals surface area contributed by atoms with E-state index in [4.69, 9.17) is 14.9 Å². The van der Waals surface area contributed by atoms with E-state index in [1.165, 1.54) is 13.0 Å². The third-order valence-electron chi connectivity index (χ3n) is 3.55. The van der Waals surface area contributed by atoms with E-state index in [2.05, 4.69) is 9.97 Å². The first kappa shape index (κ1) is 15.7. The summed E-state index contributed by atoms with van der Waals surface area (Å²) in [4.78, 5) is 32.0. The van der Waals surface area contributed by atoms with Crippen LogP contribution in [0, 0.1) is 13.8 Å². The van der Waals surface area contributed by atoms with Crippen molar-refractivity contribution < 1.29 is 13.9 Å².